The molecule has 96 valence electrons. The Morgan fingerprint density at radius 1 is 1.19 bits per heavy atom. The van der Waals surface area contributed by atoms with Crippen LogP contribution in [0.5, 0.6) is 0 Å². The monoisotopic (exact) mass is 226 g/mol. The lowest BCUT2D eigenvalue weighted by atomic mass is 9.83. The van der Waals surface area contributed by atoms with Gasteiger partial charge in [-0.3, -0.25) is 0 Å². The lowest BCUT2D eigenvalue weighted by Crippen LogP contribution is -2.38. The van der Waals surface area contributed by atoms with E-state index in [0.717, 1.165) is 12.5 Å². The Bertz CT molecular complexity index is 177. The number of nitrogens with one attached hydrogen (secondary N) is 1. The predicted molar refractivity (Wildman–Crippen MR) is 71.8 cm³/mol. The third-order valence-electron chi connectivity index (χ3n) is 3.59. The SMILES string of the molecule is CC(C)CNCCCN1CCC(C)(C)CC1. The molecule has 1 N–H and O–H groups in total. The quantitative estimate of drug-likeness (QED) is 0.701. The van der Waals surface area contributed by atoms with Gasteiger partial charge in [-0.15, -0.1) is 0 Å². The number of piperidine rings is 1. The second-order valence-corrected chi connectivity index (χ2v) is 6.46. The maximum Gasteiger partial charge on any atom is -0.000663 e. The van der Waals surface area contributed by atoms with Crippen LogP contribution in [-0.2, 0) is 0 Å². The molecule has 1 saturated heterocycles. The highest BCUT2D eigenvalue weighted by Crippen LogP contribution is 2.29. The molecule has 0 spiro atoms. The van der Waals surface area contributed by atoms with Gasteiger partial charge in [-0.1, -0.05) is 27.7 Å². The average Bonchev–Trinajstić information content (AvgIpc) is 2.19. The van der Waals surface area contributed by atoms with E-state index in [2.05, 4.69) is 37.9 Å². The summed E-state index contributed by atoms with van der Waals surface area (Å²) in [5.41, 5.74) is 0.590. The van der Waals surface area contributed by atoms with Crippen LogP contribution in [-0.4, -0.2) is 37.6 Å². The van der Waals surface area contributed by atoms with E-state index < -0.39 is 0 Å². The largest absolute Gasteiger partial charge is 0.316 e. The van der Waals surface area contributed by atoms with Crippen LogP contribution in [0.2, 0.25) is 0 Å². The van der Waals surface area contributed by atoms with Crippen molar-refractivity contribution < 1.29 is 0 Å². The van der Waals surface area contributed by atoms with Crippen LogP contribution in [0.25, 0.3) is 0 Å². The van der Waals surface area contributed by atoms with Crippen LogP contribution in [0.3, 0.4) is 0 Å². The number of hydrogen-bond donors (Lipinski definition) is 1. The molecular weight excluding hydrogens is 196 g/mol. The normalized spacial score (nSPS) is 21.6. The van der Waals surface area contributed by atoms with Crippen molar-refractivity contribution in [2.45, 2.75) is 47.0 Å². The van der Waals surface area contributed by atoms with Gasteiger partial charge in [0.2, 0.25) is 0 Å². The lowest BCUT2D eigenvalue weighted by Gasteiger charge is -2.36. The van der Waals surface area contributed by atoms with E-state index in [1.54, 1.807) is 0 Å². The van der Waals surface area contributed by atoms with Gasteiger partial charge in [0, 0.05) is 0 Å². The van der Waals surface area contributed by atoms with Crippen LogP contribution in [0, 0.1) is 11.3 Å². The summed E-state index contributed by atoms with van der Waals surface area (Å²) in [4.78, 5) is 2.63. The molecule has 2 heteroatoms. The van der Waals surface area contributed by atoms with Gasteiger partial charge in [0.25, 0.3) is 0 Å². The summed E-state index contributed by atoms with van der Waals surface area (Å²) in [6, 6.07) is 0. The average molecular weight is 226 g/mol. The molecule has 16 heavy (non-hydrogen) atoms. The molecule has 1 rings (SSSR count). The Morgan fingerprint density at radius 2 is 1.81 bits per heavy atom. The summed E-state index contributed by atoms with van der Waals surface area (Å²) in [5, 5.41) is 3.51. The second kappa shape index (κ2) is 6.61. The van der Waals surface area contributed by atoms with E-state index >= 15 is 0 Å². The third-order valence-corrected chi connectivity index (χ3v) is 3.59. The van der Waals surface area contributed by atoms with Gasteiger partial charge in [-0.05, 0) is 63.3 Å². The summed E-state index contributed by atoms with van der Waals surface area (Å²) in [5.74, 6) is 0.774. The van der Waals surface area contributed by atoms with Gasteiger partial charge in [0.1, 0.15) is 0 Å². The standard InChI is InChI=1S/C14H30N2/c1-13(2)12-15-8-5-9-16-10-6-14(3,4)7-11-16/h13,15H,5-12H2,1-4H3. The minimum Gasteiger partial charge on any atom is -0.316 e. The highest BCUT2D eigenvalue weighted by Gasteiger charge is 2.24. The number of nitrogens with zero attached hydrogens (tertiary/aromatic N) is 1. The van der Waals surface area contributed by atoms with Crippen LogP contribution in [0.15, 0.2) is 0 Å². The van der Waals surface area contributed by atoms with Crippen LogP contribution in [0.4, 0.5) is 0 Å². The van der Waals surface area contributed by atoms with E-state index in [9.17, 15) is 0 Å². The van der Waals surface area contributed by atoms with E-state index in [1.165, 1.54) is 45.4 Å². The fourth-order valence-electron chi connectivity index (χ4n) is 2.20. The molecular formula is C14H30N2. The Hall–Kier alpha value is -0.0800. The zero-order chi connectivity index (χ0) is 12.0. The van der Waals surface area contributed by atoms with E-state index in [1.807, 2.05) is 0 Å². The van der Waals surface area contributed by atoms with Crippen molar-refractivity contribution in [3.63, 3.8) is 0 Å². The minimum absolute atomic E-state index is 0.590. The summed E-state index contributed by atoms with van der Waals surface area (Å²) >= 11 is 0. The van der Waals surface area contributed by atoms with Gasteiger partial charge in [-0.2, -0.15) is 0 Å². The molecule has 0 amide bonds. The van der Waals surface area contributed by atoms with Gasteiger partial charge >= 0.3 is 0 Å². The zero-order valence-electron chi connectivity index (χ0n) is 11.7. The van der Waals surface area contributed by atoms with Gasteiger partial charge in [0.15, 0.2) is 0 Å². The fourth-order valence-corrected chi connectivity index (χ4v) is 2.20. The molecule has 0 atom stereocenters. The van der Waals surface area contributed by atoms with Crippen molar-refractivity contribution in [1.29, 1.82) is 0 Å². The Balaban J connectivity index is 1.98. The van der Waals surface area contributed by atoms with E-state index in [4.69, 9.17) is 0 Å². The highest BCUT2D eigenvalue weighted by molar-refractivity contribution is 4.78. The van der Waals surface area contributed by atoms with Crippen molar-refractivity contribution in [2.24, 2.45) is 11.3 Å². The first-order valence-corrected chi connectivity index (χ1v) is 6.93. The molecule has 1 heterocycles. The summed E-state index contributed by atoms with van der Waals surface area (Å²) in [6.07, 6.45) is 4.03. The first-order valence-electron chi connectivity index (χ1n) is 6.93. The molecule has 0 radical (unpaired) electrons. The first kappa shape index (κ1) is 14.0. The summed E-state index contributed by atoms with van der Waals surface area (Å²) in [6.45, 7) is 15.5. The summed E-state index contributed by atoms with van der Waals surface area (Å²) < 4.78 is 0. The van der Waals surface area contributed by atoms with Gasteiger partial charge < -0.3 is 10.2 Å². The molecule has 0 bridgehead atoms. The lowest BCUT2D eigenvalue weighted by molar-refractivity contribution is 0.131. The maximum absolute atomic E-state index is 3.51. The number of likely N-dealkylation sites (tertiary alicyclic amines) is 1. The molecule has 0 saturated carbocycles. The molecule has 1 fully saturated rings. The molecule has 1 aliphatic heterocycles. The van der Waals surface area contributed by atoms with Gasteiger partial charge in [0.05, 0.1) is 0 Å². The van der Waals surface area contributed by atoms with E-state index in [0.29, 0.717) is 5.41 Å². The molecule has 0 aliphatic carbocycles. The molecule has 0 aromatic heterocycles. The van der Waals surface area contributed by atoms with Crippen molar-refractivity contribution >= 4 is 0 Å². The molecule has 0 aromatic rings. The Morgan fingerprint density at radius 3 is 2.38 bits per heavy atom. The number of hydrogen-bond acceptors (Lipinski definition) is 2. The minimum atomic E-state index is 0.590. The van der Waals surface area contributed by atoms with Crippen LogP contribution in [0.1, 0.15) is 47.0 Å². The Kier molecular flexibility index (Phi) is 5.77. The molecule has 2 nitrogen and oxygen atoms in total. The van der Waals surface area contributed by atoms with Crippen molar-refractivity contribution in [3.8, 4) is 0 Å². The van der Waals surface area contributed by atoms with Crippen LogP contribution >= 0.6 is 0 Å². The smallest absolute Gasteiger partial charge is 0.000663 e. The predicted octanol–water partition coefficient (Wildman–Crippen LogP) is 2.74. The molecule has 0 unspecified atom stereocenters. The topological polar surface area (TPSA) is 15.3 Å². The first-order chi connectivity index (χ1) is 7.49. The van der Waals surface area contributed by atoms with Crippen molar-refractivity contribution in [2.75, 3.05) is 32.7 Å². The number of rotatable bonds is 6. The van der Waals surface area contributed by atoms with E-state index in [-0.39, 0.29) is 0 Å². The third kappa shape index (κ3) is 5.86. The Labute approximate surface area is 102 Å². The van der Waals surface area contributed by atoms with Crippen LogP contribution < -0.4 is 5.32 Å². The molecule has 1 aliphatic rings. The second-order valence-electron chi connectivity index (χ2n) is 6.46. The van der Waals surface area contributed by atoms with Crippen molar-refractivity contribution in [1.82, 2.24) is 10.2 Å². The molecule has 0 aromatic carbocycles. The van der Waals surface area contributed by atoms with Crippen molar-refractivity contribution in [3.05, 3.63) is 0 Å². The maximum atomic E-state index is 3.51. The fraction of sp³-hybridized carbons (Fsp3) is 1.00. The summed E-state index contributed by atoms with van der Waals surface area (Å²) in [7, 11) is 0. The highest BCUT2D eigenvalue weighted by atomic mass is 15.1. The zero-order valence-corrected chi connectivity index (χ0v) is 11.7. The van der Waals surface area contributed by atoms with Gasteiger partial charge in [-0.25, -0.2) is 0 Å².